The van der Waals surface area contributed by atoms with E-state index in [9.17, 15) is 4.79 Å². The Balaban J connectivity index is 1.44. The number of hydrogen-bond donors (Lipinski definition) is 1. The number of H-pyrrole nitrogens is 1. The van der Waals surface area contributed by atoms with Crippen LogP contribution in [0.1, 0.15) is 40.8 Å². The predicted molar refractivity (Wildman–Crippen MR) is 116 cm³/mol. The van der Waals surface area contributed by atoms with Gasteiger partial charge in [0.1, 0.15) is 12.4 Å². The first-order valence-electron chi connectivity index (χ1n) is 10.1. The fourth-order valence-electron chi connectivity index (χ4n) is 4.85. The van der Waals surface area contributed by atoms with E-state index in [1.165, 1.54) is 28.5 Å². The minimum atomic E-state index is 0.0346. The highest BCUT2D eigenvalue weighted by Gasteiger charge is 2.42. The number of ether oxygens (including phenoxy) is 1. The zero-order valence-electron chi connectivity index (χ0n) is 16.5. The van der Waals surface area contributed by atoms with Crippen molar-refractivity contribution in [1.82, 2.24) is 9.97 Å². The number of aromatic nitrogens is 2. The highest BCUT2D eigenvalue weighted by Crippen LogP contribution is 2.48. The number of fused-ring (bicyclic) bond motifs is 3. The van der Waals surface area contributed by atoms with Crippen LogP contribution in [-0.4, -0.2) is 16.2 Å². The predicted octanol–water partition coefficient (Wildman–Crippen LogP) is 4.44. The standard InChI is InChI=1S/C24H24N2O2S/c1-29-23-25-21-14-24(12-10-19(21)22(27)26-23)11-9-17-7-8-18(13-20(17)24)28-15-16-5-3-2-4-6-16/h2-8,13H,9-12,14-15H2,1H3,(H,25,26,27). The molecule has 1 heterocycles. The summed E-state index contributed by atoms with van der Waals surface area (Å²) in [4.78, 5) is 20.1. The molecule has 1 spiro atoms. The van der Waals surface area contributed by atoms with Crippen LogP contribution in [0.15, 0.2) is 58.5 Å². The molecule has 0 fully saturated rings. The van der Waals surface area contributed by atoms with E-state index in [-0.39, 0.29) is 11.0 Å². The Hall–Kier alpha value is -2.53. The van der Waals surface area contributed by atoms with Gasteiger partial charge in [-0.3, -0.25) is 4.79 Å². The largest absolute Gasteiger partial charge is 0.489 e. The minimum Gasteiger partial charge on any atom is -0.489 e. The topological polar surface area (TPSA) is 55.0 Å². The lowest BCUT2D eigenvalue weighted by atomic mass is 9.69. The summed E-state index contributed by atoms with van der Waals surface area (Å²) in [5.74, 6) is 0.920. The van der Waals surface area contributed by atoms with Crippen molar-refractivity contribution in [3.8, 4) is 5.75 Å². The van der Waals surface area contributed by atoms with Crippen molar-refractivity contribution in [3.63, 3.8) is 0 Å². The zero-order chi connectivity index (χ0) is 19.8. The number of rotatable bonds is 4. The summed E-state index contributed by atoms with van der Waals surface area (Å²) in [6.45, 7) is 0.573. The molecule has 1 aromatic heterocycles. The fraction of sp³-hybridized carbons (Fsp3) is 0.333. The summed E-state index contributed by atoms with van der Waals surface area (Å²) in [6.07, 6.45) is 6.79. The van der Waals surface area contributed by atoms with E-state index < -0.39 is 0 Å². The molecule has 1 unspecified atom stereocenters. The normalized spacial score (nSPS) is 19.8. The van der Waals surface area contributed by atoms with Gasteiger partial charge in [-0.05, 0) is 67.2 Å². The van der Waals surface area contributed by atoms with Crippen LogP contribution in [0.5, 0.6) is 5.75 Å². The number of hydrogen-bond acceptors (Lipinski definition) is 4. The molecule has 0 bridgehead atoms. The third-order valence-corrected chi connectivity index (χ3v) is 6.99. The lowest BCUT2D eigenvalue weighted by molar-refractivity contribution is 0.303. The average Bonchev–Trinajstić information content (AvgIpc) is 3.09. The molecule has 0 radical (unpaired) electrons. The van der Waals surface area contributed by atoms with Gasteiger partial charge in [0.25, 0.3) is 5.56 Å². The third-order valence-electron chi connectivity index (χ3n) is 6.41. The molecular weight excluding hydrogens is 380 g/mol. The Kier molecular flexibility index (Phi) is 4.70. The Labute approximate surface area is 174 Å². The number of benzene rings is 2. The molecule has 5 heteroatoms. The smallest absolute Gasteiger partial charge is 0.254 e. The maximum absolute atomic E-state index is 12.4. The van der Waals surface area contributed by atoms with Gasteiger partial charge < -0.3 is 9.72 Å². The molecule has 4 nitrogen and oxygen atoms in total. The highest BCUT2D eigenvalue weighted by atomic mass is 32.2. The Morgan fingerprint density at radius 3 is 2.79 bits per heavy atom. The molecule has 29 heavy (non-hydrogen) atoms. The van der Waals surface area contributed by atoms with Crippen molar-refractivity contribution in [1.29, 1.82) is 0 Å². The van der Waals surface area contributed by atoms with E-state index in [0.717, 1.165) is 49.1 Å². The van der Waals surface area contributed by atoms with Crippen LogP contribution in [0, 0.1) is 0 Å². The van der Waals surface area contributed by atoms with Crippen LogP contribution >= 0.6 is 11.8 Å². The maximum atomic E-state index is 12.4. The summed E-state index contributed by atoms with van der Waals surface area (Å²) in [6, 6.07) is 16.8. The first kappa shape index (κ1) is 18.5. The van der Waals surface area contributed by atoms with Crippen molar-refractivity contribution in [2.24, 2.45) is 0 Å². The molecule has 0 saturated carbocycles. The second-order valence-corrected chi connectivity index (χ2v) is 8.85. The second-order valence-electron chi connectivity index (χ2n) is 8.05. The number of aryl methyl sites for hydroxylation is 1. The fourth-order valence-corrected chi connectivity index (χ4v) is 5.24. The summed E-state index contributed by atoms with van der Waals surface area (Å²) in [7, 11) is 0. The number of nitrogens with zero attached hydrogens (tertiary/aromatic N) is 1. The van der Waals surface area contributed by atoms with Crippen LogP contribution in [0.3, 0.4) is 0 Å². The molecule has 0 aliphatic heterocycles. The zero-order valence-corrected chi connectivity index (χ0v) is 17.3. The molecule has 1 N–H and O–H groups in total. The molecule has 0 amide bonds. The molecule has 1 atom stereocenters. The number of thioether (sulfide) groups is 1. The van der Waals surface area contributed by atoms with Crippen LogP contribution in [0.2, 0.25) is 0 Å². The quantitative estimate of drug-likeness (QED) is 0.516. The monoisotopic (exact) mass is 404 g/mol. The van der Waals surface area contributed by atoms with Gasteiger partial charge in [0.05, 0.1) is 5.69 Å². The molecule has 3 aromatic rings. The van der Waals surface area contributed by atoms with Crippen LogP contribution in [-0.2, 0) is 31.3 Å². The Bertz CT molecular complexity index is 1110. The van der Waals surface area contributed by atoms with Gasteiger partial charge in [0.2, 0.25) is 0 Å². The van der Waals surface area contributed by atoms with E-state index in [4.69, 9.17) is 9.72 Å². The van der Waals surface area contributed by atoms with Crippen LogP contribution in [0.4, 0.5) is 0 Å². The average molecular weight is 405 g/mol. The van der Waals surface area contributed by atoms with Crippen molar-refractivity contribution in [3.05, 3.63) is 86.8 Å². The molecule has 2 aliphatic rings. The van der Waals surface area contributed by atoms with Gasteiger partial charge in [-0.2, -0.15) is 0 Å². The van der Waals surface area contributed by atoms with Gasteiger partial charge in [0.15, 0.2) is 5.16 Å². The second kappa shape index (κ2) is 7.38. The Morgan fingerprint density at radius 1 is 1.14 bits per heavy atom. The molecule has 2 aliphatic carbocycles. The van der Waals surface area contributed by atoms with Gasteiger partial charge in [-0.15, -0.1) is 0 Å². The molecule has 2 aromatic carbocycles. The van der Waals surface area contributed by atoms with E-state index in [1.807, 2.05) is 24.5 Å². The van der Waals surface area contributed by atoms with Crippen LogP contribution < -0.4 is 10.3 Å². The van der Waals surface area contributed by atoms with E-state index in [2.05, 4.69) is 35.3 Å². The Morgan fingerprint density at radius 2 is 1.97 bits per heavy atom. The van der Waals surface area contributed by atoms with Gasteiger partial charge in [-0.1, -0.05) is 48.2 Å². The first-order chi connectivity index (χ1) is 14.2. The first-order valence-corrected chi connectivity index (χ1v) is 11.4. The van der Waals surface area contributed by atoms with Crippen molar-refractivity contribution in [2.45, 2.75) is 49.3 Å². The van der Waals surface area contributed by atoms with Crippen molar-refractivity contribution in [2.75, 3.05) is 6.26 Å². The summed E-state index contributed by atoms with van der Waals surface area (Å²) >= 11 is 1.49. The lowest BCUT2D eigenvalue weighted by Gasteiger charge is -2.35. The molecular formula is C24H24N2O2S. The maximum Gasteiger partial charge on any atom is 0.254 e. The van der Waals surface area contributed by atoms with E-state index >= 15 is 0 Å². The molecule has 0 saturated heterocycles. The van der Waals surface area contributed by atoms with Gasteiger partial charge >= 0.3 is 0 Å². The van der Waals surface area contributed by atoms with E-state index in [0.29, 0.717) is 11.8 Å². The molecule has 148 valence electrons. The van der Waals surface area contributed by atoms with Gasteiger partial charge in [-0.25, -0.2) is 4.98 Å². The van der Waals surface area contributed by atoms with E-state index in [1.54, 1.807) is 0 Å². The van der Waals surface area contributed by atoms with Crippen molar-refractivity contribution < 1.29 is 4.74 Å². The number of aromatic amines is 1. The summed E-state index contributed by atoms with van der Waals surface area (Å²) in [5.41, 5.74) is 5.93. The summed E-state index contributed by atoms with van der Waals surface area (Å²) in [5, 5.41) is 0.712. The minimum absolute atomic E-state index is 0.0346. The summed E-state index contributed by atoms with van der Waals surface area (Å²) < 4.78 is 6.10. The SMILES string of the molecule is CSc1nc2c(c(=O)[nH]1)CCC1(CCc3ccc(OCc4ccccc4)cc31)C2. The van der Waals surface area contributed by atoms with Crippen LogP contribution in [0.25, 0.3) is 0 Å². The third kappa shape index (κ3) is 3.38. The number of nitrogens with one attached hydrogen (secondary N) is 1. The molecule has 5 rings (SSSR count). The highest BCUT2D eigenvalue weighted by molar-refractivity contribution is 7.98. The van der Waals surface area contributed by atoms with Crippen molar-refractivity contribution >= 4 is 11.8 Å². The lowest BCUT2D eigenvalue weighted by Crippen LogP contribution is -2.35. The van der Waals surface area contributed by atoms with Gasteiger partial charge in [0, 0.05) is 11.0 Å².